The first-order valence-electron chi connectivity index (χ1n) is 7.88. The maximum absolute atomic E-state index is 13.8. The average Bonchev–Trinajstić information content (AvgIpc) is 3.03. The van der Waals surface area contributed by atoms with Crippen molar-refractivity contribution in [2.24, 2.45) is 0 Å². The number of carbonyl (C=O) groups excluding carboxylic acids is 2. The lowest BCUT2D eigenvalue weighted by Crippen LogP contribution is -2.23. The molecule has 0 bridgehead atoms. The molecule has 0 saturated heterocycles. The van der Waals surface area contributed by atoms with Crippen molar-refractivity contribution in [3.63, 3.8) is 0 Å². The maximum Gasteiger partial charge on any atom is 0.265 e. The highest BCUT2D eigenvalue weighted by Crippen LogP contribution is 2.28. The zero-order chi connectivity index (χ0) is 18.0. The number of carbonyl (C=O) groups is 2. The molecule has 3 rings (SSSR count). The van der Waals surface area contributed by atoms with Gasteiger partial charge in [-0.15, -0.1) is 11.3 Å². The summed E-state index contributed by atoms with van der Waals surface area (Å²) in [7, 11) is 0. The molecule has 0 aliphatic heterocycles. The Morgan fingerprint density at radius 2 is 1.92 bits per heavy atom. The second-order valence-corrected chi connectivity index (χ2v) is 6.69. The van der Waals surface area contributed by atoms with E-state index < -0.39 is 0 Å². The van der Waals surface area contributed by atoms with Gasteiger partial charge in [-0.3, -0.25) is 9.59 Å². The Kier molecular flexibility index (Phi) is 4.81. The molecule has 0 unspecified atom stereocenters. The van der Waals surface area contributed by atoms with Crippen LogP contribution in [0.15, 0.2) is 42.5 Å². The van der Waals surface area contributed by atoms with Crippen molar-refractivity contribution in [1.82, 2.24) is 5.32 Å². The van der Waals surface area contributed by atoms with Gasteiger partial charge in [0.05, 0.1) is 4.88 Å². The molecule has 0 spiro atoms. The Balaban J connectivity index is 1.88. The highest BCUT2D eigenvalue weighted by Gasteiger charge is 2.14. The number of hydrogen-bond donors (Lipinski definition) is 2. The largest absolute Gasteiger partial charge is 0.352 e. The third kappa shape index (κ3) is 3.53. The summed E-state index contributed by atoms with van der Waals surface area (Å²) in [6, 6.07) is 11.5. The number of anilines is 1. The molecule has 0 saturated carbocycles. The molecule has 2 aromatic carbocycles. The molecule has 25 heavy (non-hydrogen) atoms. The lowest BCUT2D eigenvalue weighted by Gasteiger charge is -2.10. The second-order valence-electron chi connectivity index (χ2n) is 5.61. The smallest absolute Gasteiger partial charge is 0.265 e. The summed E-state index contributed by atoms with van der Waals surface area (Å²) in [5.41, 5.74) is 1.88. The highest BCUT2D eigenvalue weighted by molar-refractivity contribution is 7.20. The zero-order valence-corrected chi connectivity index (χ0v) is 14.7. The van der Waals surface area contributed by atoms with Crippen molar-refractivity contribution in [2.45, 2.75) is 13.8 Å². The molecule has 0 aliphatic carbocycles. The Morgan fingerprint density at radius 3 is 2.64 bits per heavy atom. The van der Waals surface area contributed by atoms with Crippen LogP contribution in [-0.4, -0.2) is 18.4 Å². The van der Waals surface area contributed by atoms with Crippen LogP contribution in [0.25, 0.3) is 10.1 Å². The van der Waals surface area contributed by atoms with Crippen molar-refractivity contribution in [1.29, 1.82) is 0 Å². The van der Waals surface area contributed by atoms with E-state index in [1.54, 1.807) is 36.4 Å². The van der Waals surface area contributed by atoms with Crippen molar-refractivity contribution < 1.29 is 14.0 Å². The van der Waals surface area contributed by atoms with Gasteiger partial charge in [-0.25, -0.2) is 4.39 Å². The topological polar surface area (TPSA) is 58.2 Å². The van der Waals surface area contributed by atoms with E-state index in [2.05, 4.69) is 10.6 Å². The van der Waals surface area contributed by atoms with Crippen molar-refractivity contribution in [3.8, 4) is 0 Å². The number of aryl methyl sites for hydroxylation is 1. The molecular formula is C19H17FN2O2S. The number of thiophene rings is 1. The summed E-state index contributed by atoms with van der Waals surface area (Å²) in [4.78, 5) is 24.9. The molecule has 0 aliphatic rings. The van der Waals surface area contributed by atoms with Crippen LogP contribution >= 0.6 is 11.3 Å². The summed E-state index contributed by atoms with van der Waals surface area (Å²) in [6.07, 6.45) is 0. The monoisotopic (exact) mass is 356 g/mol. The third-order valence-corrected chi connectivity index (χ3v) is 4.92. The standard InChI is InChI=1S/C19H17FN2O2S/c1-3-21-18(23)12-8-7-11(2)15(9-12)22-19(24)17-10-13-14(20)5-4-6-16(13)25-17/h4-10H,3H2,1-2H3,(H,21,23)(H,22,24). The van der Waals surface area contributed by atoms with E-state index in [4.69, 9.17) is 0 Å². The summed E-state index contributed by atoms with van der Waals surface area (Å²) >= 11 is 1.23. The van der Waals surface area contributed by atoms with E-state index >= 15 is 0 Å². The van der Waals surface area contributed by atoms with E-state index in [9.17, 15) is 14.0 Å². The van der Waals surface area contributed by atoms with Gasteiger partial charge in [-0.1, -0.05) is 12.1 Å². The summed E-state index contributed by atoms with van der Waals surface area (Å²) in [6.45, 7) is 4.22. The SMILES string of the molecule is CCNC(=O)c1ccc(C)c(NC(=O)c2cc3c(F)cccc3s2)c1. The predicted molar refractivity (Wildman–Crippen MR) is 98.9 cm³/mol. The molecule has 0 radical (unpaired) electrons. The molecule has 1 aromatic heterocycles. The fourth-order valence-electron chi connectivity index (χ4n) is 2.48. The minimum atomic E-state index is -0.345. The van der Waals surface area contributed by atoms with Gasteiger partial charge in [-0.2, -0.15) is 0 Å². The number of amides is 2. The molecule has 4 nitrogen and oxygen atoms in total. The van der Waals surface area contributed by atoms with Crippen LogP contribution in [-0.2, 0) is 0 Å². The number of halogens is 1. The molecule has 2 amide bonds. The second kappa shape index (κ2) is 7.03. The number of fused-ring (bicyclic) bond motifs is 1. The number of benzene rings is 2. The van der Waals surface area contributed by atoms with Crippen LogP contribution in [0.3, 0.4) is 0 Å². The lowest BCUT2D eigenvalue weighted by atomic mass is 10.1. The Hall–Kier alpha value is -2.73. The van der Waals surface area contributed by atoms with Gasteiger partial charge >= 0.3 is 0 Å². The Labute approximate surface area is 148 Å². The van der Waals surface area contributed by atoms with E-state index in [1.807, 2.05) is 13.8 Å². The van der Waals surface area contributed by atoms with Crippen molar-refractivity contribution in [2.75, 3.05) is 11.9 Å². The molecular weight excluding hydrogens is 339 g/mol. The van der Waals surface area contributed by atoms with E-state index in [0.29, 0.717) is 28.1 Å². The van der Waals surface area contributed by atoms with Crippen LogP contribution < -0.4 is 10.6 Å². The normalized spacial score (nSPS) is 10.7. The van der Waals surface area contributed by atoms with Gasteiger partial charge in [0, 0.05) is 27.9 Å². The minimum Gasteiger partial charge on any atom is -0.352 e. The summed E-state index contributed by atoms with van der Waals surface area (Å²) in [5, 5.41) is 5.98. The fourth-order valence-corrected chi connectivity index (χ4v) is 3.45. The Morgan fingerprint density at radius 1 is 1.12 bits per heavy atom. The first-order chi connectivity index (χ1) is 12.0. The van der Waals surface area contributed by atoms with Gasteiger partial charge in [0.15, 0.2) is 0 Å². The number of rotatable bonds is 4. The van der Waals surface area contributed by atoms with Crippen LogP contribution in [0.2, 0.25) is 0 Å². The van der Waals surface area contributed by atoms with E-state index in [-0.39, 0.29) is 17.6 Å². The zero-order valence-electron chi connectivity index (χ0n) is 13.9. The number of hydrogen-bond acceptors (Lipinski definition) is 3. The highest BCUT2D eigenvalue weighted by atomic mass is 32.1. The van der Waals surface area contributed by atoms with Gasteiger partial charge in [0.1, 0.15) is 5.82 Å². The molecule has 0 fully saturated rings. The maximum atomic E-state index is 13.8. The molecule has 2 N–H and O–H groups in total. The quantitative estimate of drug-likeness (QED) is 0.730. The summed E-state index contributed by atoms with van der Waals surface area (Å²) in [5.74, 6) is -0.860. The molecule has 6 heteroatoms. The van der Waals surface area contributed by atoms with Crippen LogP contribution in [0, 0.1) is 12.7 Å². The molecule has 3 aromatic rings. The van der Waals surface area contributed by atoms with Gasteiger partial charge in [0.25, 0.3) is 11.8 Å². The fraction of sp³-hybridized carbons (Fsp3) is 0.158. The Bertz CT molecular complexity index is 965. The predicted octanol–water partition coefficient (Wildman–Crippen LogP) is 4.35. The first kappa shape index (κ1) is 17.1. The summed E-state index contributed by atoms with van der Waals surface area (Å²) < 4.78 is 14.5. The van der Waals surface area contributed by atoms with Crippen LogP contribution in [0.4, 0.5) is 10.1 Å². The molecule has 128 valence electrons. The van der Waals surface area contributed by atoms with E-state index in [1.165, 1.54) is 17.4 Å². The number of nitrogens with one attached hydrogen (secondary N) is 2. The molecule has 0 atom stereocenters. The average molecular weight is 356 g/mol. The first-order valence-corrected chi connectivity index (χ1v) is 8.69. The van der Waals surface area contributed by atoms with Gasteiger partial charge in [0.2, 0.25) is 0 Å². The third-order valence-electron chi connectivity index (χ3n) is 3.82. The van der Waals surface area contributed by atoms with Crippen molar-refractivity contribution in [3.05, 3.63) is 64.3 Å². The lowest BCUT2D eigenvalue weighted by molar-refractivity contribution is 0.0954. The minimum absolute atomic E-state index is 0.193. The van der Waals surface area contributed by atoms with E-state index in [0.717, 1.165) is 10.3 Å². The van der Waals surface area contributed by atoms with Crippen LogP contribution in [0.1, 0.15) is 32.5 Å². The molecule has 1 heterocycles. The van der Waals surface area contributed by atoms with Crippen molar-refractivity contribution >= 4 is 38.9 Å². The van der Waals surface area contributed by atoms with Gasteiger partial charge in [-0.05, 0) is 49.7 Å². The van der Waals surface area contributed by atoms with Gasteiger partial charge < -0.3 is 10.6 Å². The van der Waals surface area contributed by atoms with Crippen LogP contribution in [0.5, 0.6) is 0 Å².